The fourth-order valence-corrected chi connectivity index (χ4v) is 1.68. The van der Waals surface area contributed by atoms with Crippen LogP contribution in [0.4, 0.5) is 10.2 Å². The number of nitrogens with zero attached hydrogens (tertiary/aromatic N) is 3. The fraction of sp³-hybridized carbons (Fsp3) is 0.286. The molecule has 0 unspecified atom stereocenters. The van der Waals surface area contributed by atoms with Gasteiger partial charge in [0, 0.05) is 18.9 Å². The summed E-state index contributed by atoms with van der Waals surface area (Å²) in [6.45, 7) is 2.74. The zero-order valence-electron chi connectivity index (χ0n) is 11.6. The molecule has 0 atom stereocenters. The number of rotatable bonds is 6. The minimum atomic E-state index is -0.650. The van der Waals surface area contributed by atoms with Crippen LogP contribution in [0.1, 0.15) is 29.4 Å². The maximum Gasteiger partial charge on any atom is 0.254 e. The molecule has 2 aromatic heterocycles. The average molecular weight is 289 g/mol. The Morgan fingerprint density at radius 2 is 2.19 bits per heavy atom. The number of nitrogens with one attached hydrogen (secondary N) is 2. The van der Waals surface area contributed by atoms with E-state index in [-0.39, 0.29) is 17.9 Å². The van der Waals surface area contributed by atoms with E-state index in [4.69, 9.17) is 0 Å². The van der Waals surface area contributed by atoms with Crippen molar-refractivity contribution in [2.45, 2.75) is 19.9 Å². The molecule has 0 aliphatic heterocycles. The lowest BCUT2D eigenvalue weighted by molar-refractivity contribution is 0.0946. The van der Waals surface area contributed by atoms with Crippen molar-refractivity contribution < 1.29 is 9.18 Å². The second-order valence-corrected chi connectivity index (χ2v) is 4.35. The summed E-state index contributed by atoms with van der Waals surface area (Å²) in [5.41, 5.74) is 0.553. The van der Waals surface area contributed by atoms with Gasteiger partial charge in [0.2, 0.25) is 0 Å². The highest BCUT2D eigenvalue weighted by molar-refractivity contribution is 5.95. The zero-order chi connectivity index (χ0) is 15.1. The Balaban J connectivity index is 2.05. The van der Waals surface area contributed by atoms with E-state index in [2.05, 4.69) is 25.8 Å². The van der Waals surface area contributed by atoms with Crippen molar-refractivity contribution in [1.29, 1.82) is 0 Å². The maximum absolute atomic E-state index is 14.2. The summed E-state index contributed by atoms with van der Waals surface area (Å²) in [7, 11) is 0. The van der Waals surface area contributed by atoms with Crippen LogP contribution in [0.5, 0.6) is 0 Å². The molecule has 0 aliphatic rings. The molecule has 0 aromatic carbocycles. The topological polar surface area (TPSA) is 79.8 Å². The minimum Gasteiger partial charge on any atom is -0.368 e. The molecule has 1 amide bonds. The second-order valence-electron chi connectivity index (χ2n) is 4.35. The van der Waals surface area contributed by atoms with Gasteiger partial charge in [-0.25, -0.2) is 9.37 Å². The monoisotopic (exact) mass is 289 g/mol. The third-order valence-electron chi connectivity index (χ3n) is 2.73. The SMILES string of the molecule is CCCNc1nccc(C(=O)NCc2cccnn2)c1F. The molecular weight excluding hydrogens is 273 g/mol. The lowest BCUT2D eigenvalue weighted by Crippen LogP contribution is -2.25. The van der Waals surface area contributed by atoms with Gasteiger partial charge in [-0.1, -0.05) is 6.92 Å². The van der Waals surface area contributed by atoms with Gasteiger partial charge >= 0.3 is 0 Å². The van der Waals surface area contributed by atoms with Crippen molar-refractivity contribution in [2.75, 3.05) is 11.9 Å². The van der Waals surface area contributed by atoms with Crippen LogP contribution >= 0.6 is 0 Å². The van der Waals surface area contributed by atoms with Crippen LogP contribution < -0.4 is 10.6 Å². The number of carbonyl (C=O) groups is 1. The third kappa shape index (κ3) is 3.95. The number of aromatic nitrogens is 3. The summed E-state index contributed by atoms with van der Waals surface area (Å²) in [6, 6.07) is 4.79. The second kappa shape index (κ2) is 7.28. The van der Waals surface area contributed by atoms with Crippen molar-refractivity contribution in [3.63, 3.8) is 0 Å². The molecule has 21 heavy (non-hydrogen) atoms. The van der Waals surface area contributed by atoms with Crippen molar-refractivity contribution in [2.24, 2.45) is 0 Å². The van der Waals surface area contributed by atoms with Crippen LogP contribution in [0.25, 0.3) is 0 Å². The van der Waals surface area contributed by atoms with Crippen LogP contribution in [0.3, 0.4) is 0 Å². The molecule has 6 nitrogen and oxygen atoms in total. The lowest BCUT2D eigenvalue weighted by atomic mass is 10.2. The van der Waals surface area contributed by atoms with Gasteiger partial charge in [-0.05, 0) is 24.6 Å². The Morgan fingerprint density at radius 3 is 2.90 bits per heavy atom. The quantitative estimate of drug-likeness (QED) is 0.847. The van der Waals surface area contributed by atoms with Gasteiger partial charge < -0.3 is 10.6 Å². The van der Waals surface area contributed by atoms with Gasteiger partial charge in [-0.2, -0.15) is 10.2 Å². The summed E-state index contributed by atoms with van der Waals surface area (Å²) < 4.78 is 14.2. The number of anilines is 1. The molecule has 0 fully saturated rings. The van der Waals surface area contributed by atoms with Gasteiger partial charge in [0.05, 0.1) is 17.8 Å². The Bertz CT molecular complexity index is 606. The van der Waals surface area contributed by atoms with E-state index in [0.717, 1.165) is 6.42 Å². The number of carbonyl (C=O) groups excluding carboxylic acids is 1. The molecule has 0 spiro atoms. The first-order valence-electron chi connectivity index (χ1n) is 6.65. The van der Waals surface area contributed by atoms with Gasteiger partial charge in [-0.3, -0.25) is 4.79 Å². The van der Waals surface area contributed by atoms with Crippen LogP contribution in [0, 0.1) is 5.82 Å². The molecule has 110 valence electrons. The molecule has 0 aliphatic carbocycles. The number of halogens is 1. The first-order chi connectivity index (χ1) is 10.2. The summed E-state index contributed by atoms with van der Waals surface area (Å²) in [5, 5.41) is 13.0. The molecule has 2 rings (SSSR count). The van der Waals surface area contributed by atoms with Crippen LogP contribution in [-0.2, 0) is 6.54 Å². The summed E-state index contributed by atoms with van der Waals surface area (Å²) >= 11 is 0. The van der Waals surface area contributed by atoms with E-state index in [1.807, 2.05) is 6.92 Å². The molecule has 0 radical (unpaired) electrons. The Hall–Kier alpha value is -2.57. The number of hydrogen-bond acceptors (Lipinski definition) is 5. The van der Waals surface area contributed by atoms with E-state index < -0.39 is 11.7 Å². The smallest absolute Gasteiger partial charge is 0.254 e. The predicted octanol–water partition coefficient (Wildman–Crippen LogP) is 1.76. The molecule has 2 heterocycles. The molecule has 0 saturated carbocycles. The predicted molar refractivity (Wildman–Crippen MR) is 76.2 cm³/mol. The van der Waals surface area contributed by atoms with Crippen molar-refractivity contribution in [1.82, 2.24) is 20.5 Å². The third-order valence-corrected chi connectivity index (χ3v) is 2.73. The van der Waals surface area contributed by atoms with Gasteiger partial charge in [0.25, 0.3) is 5.91 Å². The number of amides is 1. The van der Waals surface area contributed by atoms with E-state index in [1.54, 1.807) is 18.3 Å². The van der Waals surface area contributed by atoms with Crippen molar-refractivity contribution in [3.8, 4) is 0 Å². The molecular formula is C14H16FN5O. The highest BCUT2D eigenvalue weighted by atomic mass is 19.1. The average Bonchev–Trinajstić information content (AvgIpc) is 2.52. The fourth-order valence-electron chi connectivity index (χ4n) is 1.68. The highest BCUT2D eigenvalue weighted by Crippen LogP contribution is 2.15. The number of pyridine rings is 1. The summed E-state index contributed by atoms with van der Waals surface area (Å²) in [4.78, 5) is 15.9. The highest BCUT2D eigenvalue weighted by Gasteiger charge is 2.15. The largest absolute Gasteiger partial charge is 0.368 e. The minimum absolute atomic E-state index is 0.0486. The van der Waals surface area contributed by atoms with Crippen molar-refractivity contribution >= 4 is 11.7 Å². The molecule has 2 aromatic rings. The van der Waals surface area contributed by atoms with E-state index in [1.165, 1.54) is 12.3 Å². The van der Waals surface area contributed by atoms with Crippen LogP contribution in [-0.4, -0.2) is 27.6 Å². The van der Waals surface area contributed by atoms with Crippen LogP contribution in [0.15, 0.2) is 30.6 Å². The maximum atomic E-state index is 14.2. The standard InChI is InChI=1S/C14H16FN5O/c1-2-6-16-13-12(15)11(5-8-17-13)14(21)18-9-10-4-3-7-19-20-10/h3-5,7-8H,2,6,9H2,1H3,(H,16,17)(H,18,21). The van der Waals surface area contributed by atoms with Crippen molar-refractivity contribution in [3.05, 3.63) is 47.7 Å². The first kappa shape index (κ1) is 14.8. The molecule has 0 saturated heterocycles. The van der Waals surface area contributed by atoms with E-state index in [0.29, 0.717) is 12.2 Å². The Morgan fingerprint density at radius 1 is 1.33 bits per heavy atom. The Kier molecular flexibility index (Phi) is 5.14. The van der Waals surface area contributed by atoms with Gasteiger partial charge in [0.1, 0.15) is 0 Å². The van der Waals surface area contributed by atoms with E-state index in [9.17, 15) is 9.18 Å². The normalized spacial score (nSPS) is 10.2. The van der Waals surface area contributed by atoms with Crippen LogP contribution in [0.2, 0.25) is 0 Å². The van der Waals surface area contributed by atoms with E-state index >= 15 is 0 Å². The molecule has 2 N–H and O–H groups in total. The first-order valence-corrected chi connectivity index (χ1v) is 6.65. The molecule has 7 heteroatoms. The lowest BCUT2D eigenvalue weighted by Gasteiger charge is -2.09. The molecule has 0 bridgehead atoms. The van der Waals surface area contributed by atoms with Gasteiger partial charge in [0.15, 0.2) is 11.6 Å². The van der Waals surface area contributed by atoms with Gasteiger partial charge in [-0.15, -0.1) is 0 Å². The summed E-state index contributed by atoms with van der Waals surface area (Å²) in [5.74, 6) is -1.08. The Labute approximate surface area is 121 Å². The number of hydrogen-bond donors (Lipinski definition) is 2. The zero-order valence-corrected chi connectivity index (χ0v) is 11.6. The summed E-state index contributed by atoms with van der Waals surface area (Å²) in [6.07, 6.45) is 3.78.